The van der Waals surface area contributed by atoms with E-state index in [1.54, 1.807) is 16.9 Å². The molecule has 4 nitrogen and oxygen atoms in total. The Balaban J connectivity index is 1.95. The first kappa shape index (κ1) is 10.4. The monoisotopic (exact) mass is 233 g/mol. The highest BCUT2D eigenvalue weighted by atomic mass is 19.1. The van der Waals surface area contributed by atoms with Crippen molar-refractivity contribution < 1.29 is 9.50 Å². The van der Waals surface area contributed by atoms with Gasteiger partial charge in [0, 0.05) is 24.0 Å². The van der Waals surface area contributed by atoms with Gasteiger partial charge in [-0.15, -0.1) is 0 Å². The van der Waals surface area contributed by atoms with E-state index in [-0.39, 0.29) is 12.1 Å². The van der Waals surface area contributed by atoms with E-state index in [1.165, 1.54) is 12.3 Å². The van der Waals surface area contributed by atoms with Crippen molar-refractivity contribution in [3.8, 4) is 11.1 Å². The van der Waals surface area contributed by atoms with Gasteiger partial charge in [-0.3, -0.25) is 4.68 Å². The number of aliphatic hydroxyl groups is 1. The maximum absolute atomic E-state index is 13.0. The highest BCUT2D eigenvalue weighted by Crippen LogP contribution is 2.42. The number of pyridine rings is 1. The summed E-state index contributed by atoms with van der Waals surface area (Å²) in [5.41, 5.74) is 1.37. The molecule has 0 unspecified atom stereocenters. The quantitative estimate of drug-likeness (QED) is 0.818. The van der Waals surface area contributed by atoms with Crippen LogP contribution in [0, 0.1) is 5.95 Å². The lowest BCUT2D eigenvalue weighted by Crippen LogP contribution is -2.21. The Morgan fingerprint density at radius 2 is 2.24 bits per heavy atom. The Morgan fingerprint density at radius 3 is 2.88 bits per heavy atom. The maximum atomic E-state index is 13.0. The van der Waals surface area contributed by atoms with Crippen LogP contribution in [0.4, 0.5) is 4.39 Å². The molecule has 2 aromatic heterocycles. The average molecular weight is 233 g/mol. The summed E-state index contributed by atoms with van der Waals surface area (Å²) in [6, 6.07) is 3.11. The van der Waals surface area contributed by atoms with Crippen LogP contribution in [0.15, 0.2) is 30.7 Å². The van der Waals surface area contributed by atoms with Gasteiger partial charge in [-0.25, -0.2) is 4.98 Å². The topological polar surface area (TPSA) is 50.9 Å². The fourth-order valence-electron chi connectivity index (χ4n) is 1.92. The zero-order chi connectivity index (χ0) is 11.9. The summed E-state index contributed by atoms with van der Waals surface area (Å²) < 4.78 is 14.8. The van der Waals surface area contributed by atoms with E-state index in [0.717, 1.165) is 24.0 Å². The van der Waals surface area contributed by atoms with Crippen LogP contribution in [0.3, 0.4) is 0 Å². The highest BCUT2D eigenvalue weighted by Gasteiger charge is 2.44. The fourth-order valence-corrected chi connectivity index (χ4v) is 1.92. The van der Waals surface area contributed by atoms with Crippen molar-refractivity contribution in [1.82, 2.24) is 14.8 Å². The van der Waals surface area contributed by atoms with Crippen LogP contribution in [0.25, 0.3) is 11.1 Å². The summed E-state index contributed by atoms with van der Waals surface area (Å²) in [6.07, 6.45) is 6.84. The summed E-state index contributed by atoms with van der Waals surface area (Å²) >= 11 is 0. The fraction of sp³-hybridized carbons (Fsp3) is 0.333. The third-order valence-corrected chi connectivity index (χ3v) is 3.25. The van der Waals surface area contributed by atoms with Gasteiger partial charge < -0.3 is 5.11 Å². The number of halogens is 1. The zero-order valence-corrected chi connectivity index (χ0v) is 9.17. The number of aliphatic hydroxyl groups excluding tert-OH is 1. The van der Waals surface area contributed by atoms with Crippen molar-refractivity contribution in [1.29, 1.82) is 0 Å². The van der Waals surface area contributed by atoms with Gasteiger partial charge in [-0.05, 0) is 24.5 Å². The molecule has 1 saturated carbocycles. The number of hydrogen-bond donors (Lipinski definition) is 1. The predicted molar refractivity (Wildman–Crippen MR) is 59.7 cm³/mol. The molecule has 3 rings (SSSR count). The van der Waals surface area contributed by atoms with E-state index in [2.05, 4.69) is 10.1 Å². The summed E-state index contributed by atoms with van der Waals surface area (Å²) in [7, 11) is 0. The van der Waals surface area contributed by atoms with Crippen LogP contribution in [-0.4, -0.2) is 26.5 Å². The van der Waals surface area contributed by atoms with Crippen LogP contribution in [0.1, 0.15) is 12.8 Å². The molecule has 0 amide bonds. The summed E-state index contributed by atoms with van der Waals surface area (Å²) in [5, 5.41) is 13.5. The smallest absolute Gasteiger partial charge is 0.213 e. The molecular formula is C12H12FN3O. The molecule has 2 aromatic rings. The van der Waals surface area contributed by atoms with Gasteiger partial charge in [0.15, 0.2) is 0 Å². The largest absolute Gasteiger partial charge is 0.394 e. The third-order valence-electron chi connectivity index (χ3n) is 3.25. The van der Waals surface area contributed by atoms with Crippen LogP contribution in [-0.2, 0) is 5.54 Å². The first-order chi connectivity index (χ1) is 8.23. The molecule has 0 aliphatic heterocycles. The zero-order valence-electron chi connectivity index (χ0n) is 9.17. The van der Waals surface area contributed by atoms with Gasteiger partial charge in [0.2, 0.25) is 5.95 Å². The van der Waals surface area contributed by atoms with E-state index in [4.69, 9.17) is 0 Å². The van der Waals surface area contributed by atoms with Crippen molar-refractivity contribution >= 4 is 0 Å². The lowest BCUT2D eigenvalue weighted by Gasteiger charge is -2.11. The molecule has 0 bridgehead atoms. The number of hydrogen-bond acceptors (Lipinski definition) is 3. The van der Waals surface area contributed by atoms with Crippen LogP contribution < -0.4 is 0 Å². The first-order valence-electron chi connectivity index (χ1n) is 5.51. The van der Waals surface area contributed by atoms with Gasteiger partial charge in [0.05, 0.1) is 18.3 Å². The van der Waals surface area contributed by atoms with E-state index >= 15 is 0 Å². The van der Waals surface area contributed by atoms with E-state index < -0.39 is 5.95 Å². The Hall–Kier alpha value is -1.75. The molecule has 0 spiro atoms. The molecule has 1 aliphatic carbocycles. The van der Waals surface area contributed by atoms with Gasteiger partial charge in [-0.2, -0.15) is 9.49 Å². The minimum atomic E-state index is -0.501. The normalized spacial score (nSPS) is 17.1. The van der Waals surface area contributed by atoms with Crippen LogP contribution >= 0.6 is 0 Å². The lowest BCUT2D eigenvalue weighted by atomic mass is 10.1. The lowest BCUT2D eigenvalue weighted by molar-refractivity contribution is 0.202. The van der Waals surface area contributed by atoms with Crippen molar-refractivity contribution in [2.45, 2.75) is 18.4 Å². The van der Waals surface area contributed by atoms with Crippen molar-refractivity contribution in [2.75, 3.05) is 6.61 Å². The van der Waals surface area contributed by atoms with Gasteiger partial charge in [0.25, 0.3) is 0 Å². The summed E-state index contributed by atoms with van der Waals surface area (Å²) in [6.45, 7) is 0.0961. The molecule has 1 N–H and O–H groups in total. The SMILES string of the molecule is OCC1(n2cc(-c3ccnc(F)c3)cn2)CC1. The molecule has 88 valence electrons. The second kappa shape index (κ2) is 3.63. The van der Waals surface area contributed by atoms with Gasteiger partial charge >= 0.3 is 0 Å². The maximum Gasteiger partial charge on any atom is 0.213 e. The number of nitrogens with zero attached hydrogens (tertiary/aromatic N) is 3. The minimum absolute atomic E-state index is 0.0961. The van der Waals surface area contributed by atoms with Gasteiger partial charge in [-0.1, -0.05) is 0 Å². The Morgan fingerprint density at radius 1 is 1.41 bits per heavy atom. The Labute approximate surface area is 97.7 Å². The standard InChI is InChI=1S/C12H12FN3O/c13-11-5-9(1-4-14-11)10-6-15-16(7-10)12(8-17)2-3-12/h1,4-7,17H,2-3,8H2. The van der Waals surface area contributed by atoms with Gasteiger partial charge in [0.1, 0.15) is 0 Å². The molecule has 1 aliphatic rings. The third kappa shape index (κ3) is 1.72. The Bertz CT molecular complexity index is 548. The molecule has 0 atom stereocenters. The van der Waals surface area contributed by atoms with Crippen LogP contribution in [0.2, 0.25) is 0 Å². The van der Waals surface area contributed by atoms with Crippen molar-refractivity contribution in [3.63, 3.8) is 0 Å². The highest BCUT2D eigenvalue weighted by molar-refractivity contribution is 5.60. The summed E-state index contributed by atoms with van der Waals surface area (Å²) in [4.78, 5) is 3.52. The Kier molecular flexibility index (Phi) is 2.22. The molecule has 0 radical (unpaired) electrons. The molecular weight excluding hydrogens is 221 g/mol. The number of rotatable bonds is 3. The second-order valence-electron chi connectivity index (χ2n) is 4.42. The summed E-state index contributed by atoms with van der Waals surface area (Å²) in [5.74, 6) is -0.501. The molecule has 0 saturated heterocycles. The first-order valence-corrected chi connectivity index (χ1v) is 5.51. The van der Waals surface area contributed by atoms with Crippen molar-refractivity contribution in [2.24, 2.45) is 0 Å². The van der Waals surface area contributed by atoms with Crippen molar-refractivity contribution in [3.05, 3.63) is 36.7 Å². The molecule has 17 heavy (non-hydrogen) atoms. The van der Waals surface area contributed by atoms with E-state index in [9.17, 15) is 9.50 Å². The average Bonchev–Trinajstić information content (AvgIpc) is 2.99. The molecule has 5 heteroatoms. The minimum Gasteiger partial charge on any atom is -0.394 e. The van der Waals surface area contributed by atoms with Crippen LogP contribution in [0.5, 0.6) is 0 Å². The molecule has 0 aromatic carbocycles. The molecule has 1 fully saturated rings. The predicted octanol–water partition coefficient (Wildman–Crippen LogP) is 1.57. The van der Waals surface area contributed by atoms with E-state index in [1.807, 2.05) is 6.20 Å². The molecule has 2 heterocycles. The number of aromatic nitrogens is 3. The second-order valence-corrected chi connectivity index (χ2v) is 4.42. The van der Waals surface area contributed by atoms with E-state index in [0.29, 0.717) is 0 Å².